The van der Waals surface area contributed by atoms with Crippen LogP contribution in [0.5, 0.6) is 0 Å². The van der Waals surface area contributed by atoms with Crippen LogP contribution in [0.2, 0.25) is 31.7 Å². The van der Waals surface area contributed by atoms with Gasteiger partial charge in [-0.05, 0) is 53.6 Å². The van der Waals surface area contributed by atoms with Crippen LogP contribution >= 0.6 is 0 Å². The molecule has 0 spiro atoms. The Labute approximate surface area is 174 Å². The molecule has 0 aliphatic heterocycles. The van der Waals surface area contributed by atoms with Gasteiger partial charge in [-0.25, -0.2) is 0 Å². The minimum absolute atomic E-state index is 0.00408. The maximum absolute atomic E-state index is 5.66. The van der Waals surface area contributed by atoms with Crippen molar-refractivity contribution in [2.75, 3.05) is 39.5 Å². The Bertz CT molecular complexity index is 297. The van der Waals surface area contributed by atoms with E-state index in [0.717, 1.165) is 45.5 Å². The van der Waals surface area contributed by atoms with Crippen LogP contribution < -0.4 is 0 Å². The van der Waals surface area contributed by atoms with Gasteiger partial charge in [-0.2, -0.15) is 0 Å². The fourth-order valence-electron chi connectivity index (χ4n) is 2.70. The van der Waals surface area contributed by atoms with E-state index in [1.807, 2.05) is 27.7 Å². The zero-order chi connectivity index (χ0) is 20.5. The molecule has 0 saturated heterocycles. The second kappa shape index (κ2) is 17.3. The SMILES string of the molecule is CCOC(OCC)[Si]CCCN(CCC[Si]C(OCC)OCC)[Si](C)(C)C. The lowest BCUT2D eigenvalue weighted by atomic mass is 10.4. The Morgan fingerprint density at radius 1 is 0.667 bits per heavy atom. The number of nitrogens with zero attached hydrogens (tertiary/aromatic N) is 1. The molecule has 0 N–H and O–H groups in total. The minimum atomic E-state index is -1.29. The summed E-state index contributed by atoms with van der Waals surface area (Å²) in [5, 5.41) is 0. The topological polar surface area (TPSA) is 40.2 Å². The fraction of sp³-hybridized carbons (Fsp3) is 1.00. The third kappa shape index (κ3) is 15.0. The van der Waals surface area contributed by atoms with Gasteiger partial charge in [-0.15, -0.1) is 0 Å². The van der Waals surface area contributed by atoms with E-state index in [4.69, 9.17) is 18.9 Å². The number of ether oxygens (including phenoxy) is 4. The molecule has 27 heavy (non-hydrogen) atoms. The Morgan fingerprint density at radius 3 is 1.26 bits per heavy atom. The normalized spacial score (nSPS) is 12.7. The molecule has 0 aromatic rings. The Balaban J connectivity index is 4.18. The van der Waals surface area contributed by atoms with E-state index in [1.165, 1.54) is 38.0 Å². The molecule has 0 aliphatic rings. The van der Waals surface area contributed by atoms with Crippen molar-refractivity contribution in [2.24, 2.45) is 0 Å². The van der Waals surface area contributed by atoms with Crippen LogP contribution in [0.15, 0.2) is 0 Å². The van der Waals surface area contributed by atoms with E-state index in [0.29, 0.717) is 0 Å². The first-order valence-corrected chi connectivity index (χ1v) is 16.6. The maximum atomic E-state index is 5.66. The van der Waals surface area contributed by atoms with Crippen molar-refractivity contribution in [3.8, 4) is 0 Å². The lowest BCUT2D eigenvalue weighted by Crippen LogP contribution is -2.47. The standard InChI is InChI=1S/C19H43NO4Si3/c1-8-21-18(22-9-2)25-16-12-14-20(27(5,6)7)15-13-17-26-19(23-10-3)24-11-4/h18-19H,8-17H2,1-7H3. The molecule has 0 amide bonds. The average Bonchev–Trinajstić information content (AvgIpc) is 2.59. The van der Waals surface area contributed by atoms with Crippen LogP contribution in [-0.4, -0.2) is 83.2 Å². The summed E-state index contributed by atoms with van der Waals surface area (Å²) in [5.74, 6) is -0.00815. The third-order valence-electron chi connectivity index (χ3n) is 4.05. The predicted octanol–water partition coefficient (Wildman–Crippen LogP) is 3.86. The van der Waals surface area contributed by atoms with Crippen LogP contribution in [0.4, 0.5) is 0 Å². The highest BCUT2D eigenvalue weighted by Gasteiger charge is 2.23. The van der Waals surface area contributed by atoms with Gasteiger partial charge in [0.05, 0.1) is 0 Å². The summed E-state index contributed by atoms with van der Waals surface area (Å²) < 4.78 is 25.4. The second-order valence-corrected chi connectivity index (χ2v) is 15.0. The molecule has 160 valence electrons. The maximum Gasteiger partial charge on any atom is 0.137 e. The van der Waals surface area contributed by atoms with Crippen molar-refractivity contribution < 1.29 is 18.9 Å². The highest BCUT2D eigenvalue weighted by Crippen LogP contribution is 2.13. The predicted molar refractivity (Wildman–Crippen MR) is 119 cm³/mol. The second-order valence-electron chi connectivity index (χ2n) is 7.26. The van der Waals surface area contributed by atoms with Crippen LogP contribution in [0.25, 0.3) is 0 Å². The lowest BCUT2D eigenvalue weighted by molar-refractivity contribution is -0.0829. The van der Waals surface area contributed by atoms with Crippen molar-refractivity contribution in [2.45, 2.75) is 84.1 Å². The summed E-state index contributed by atoms with van der Waals surface area (Å²) in [6, 6.07) is 2.37. The summed E-state index contributed by atoms with van der Waals surface area (Å²) in [6.45, 7) is 20.8. The van der Waals surface area contributed by atoms with Crippen molar-refractivity contribution >= 4 is 27.3 Å². The average molecular weight is 434 g/mol. The van der Waals surface area contributed by atoms with E-state index < -0.39 is 8.24 Å². The van der Waals surface area contributed by atoms with Crippen molar-refractivity contribution in [1.29, 1.82) is 0 Å². The zero-order valence-corrected chi connectivity index (χ0v) is 21.8. The van der Waals surface area contributed by atoms with Gasteiger partial charge in [0.15, 0.2) is 0 Å². The Kier molecular flexibility index (Phi) is 17.6. The highest BCUT2D eigenvalue weighted by atomic mass is 28.3. The smallest absolute Gasteiger partial charge is 0.137 e. The molecular formula is C19H43NO4Si3. The first-order valence-electron chi connectivity index (χ1n) is 10.6. The molecule has 4 radical (unpaired) electrons. The van der Waals surface area contributed by atoms with Gasteiger partial charge in [0, 0.05) is 26.4 Å². The van der Waals surface area contributed by atoms with Gasteiger partial charge in [0.25, 0.3) is 0 Å². The largest absolute Gasteiger partial charge is 0.357 e. The van der Waals surface area contributed by atoms with Crippen molar-refractivity contribution in [1.82, 2.24) is 4.57 Å². The van der Waals surface area contributed by atoms with Gasteiger partial charge in [0.2, 0.25) is 0 Å². The van der Waals surface area contributed by atoms with Crippen LogP contribution in [-0.2, 0) is 18.9 Å². The van der Waals surface area contributed by atoms with E-state index in [1.54, 1.807) is 0 Å². The van der Waals surface area contributed by atoms with Gasteiger partial charge in [-0.3, -0.25) is 0 Å². The first-order chi connectivity index (χ1) is 12.9. The van der Waals surface area contributed by atoms with Crippen LogP contribution in [0.3, 0.4) is 0 Å². The molecule has 0 saturated carbocycles. The number of rotatable bonds is 19. The summed E-state index contributed by atoms with van der Waals surface area (Å²) in [6.07, 6.45) is 2.45. The number of hydrogen-bond donors (Lipinski definition) is 0. The van der Waals surface area contributed by atoms with E-state index >= 15 is 0 Å². The van der Waals surface area contributed by atoms with Gasteiger partial charge >= 0.3 is 0 Å². The summed E-state index contributed by atoms with van der Waals surface area (Å²) in [5.41, 5.74) is 0. The molecular weight excluding hydrogens is 390 g/mol. The lowest BCUT2D eigenvalue weighted by Gasteiger charge is -2.34. The Morgan fingerprint density at radius 2 is 1.00 bits per heavy atom. The van der Waals surface area contributed by atoms with Gasteiger partial charge in [-0.1, -0.05) is 31.7 Å². The fourth-order valence-corrected chi connectivity index (χ4v) is 6.69. The Hall–Kier alpha value is 0.451. The van der Waals surface area contributed by atoms with Crippen LogP contribution in [0, 0.1) is 0 Å². The van der Waals surface area contributed by atoms with Gasteiger partial charge < -0.3 is 23.5 Å². The molecule has 0 rings (SSSR count). The third-order valence-corrected chi connectivity index (χ3v) is 9.01. The number of hydrogen-bond acceptors (Lipinski definition) is 5. The van der Waals surface area contributed by atoms with E-state index in [-0.39, 0.29) is 11.8 Å². The molecule has 0 fully saturated rings. The molecule has 0 unspecified atom stereocenters. The minimum Gasteiger partial charge on any atom is -0.357 e. The summed E-state index contributed by atoms with van der Waals surface area (Å²) >= 11 is 0. The van der Waals surface area contributed by atoms with Crippen LogP contribution in [0.1, 0.15) is 40.5 Å². The van der Waals surface area contributed by atoms with Crippen molar-refractivity contribution in [3.05, 3.63) is 0 Å². The first kappa shape index (κ1) is 27.5. The molecule has 0 atom stereocenters. The molecule has 5 nitrogen and oxygen atoms in total. The van der Waals surface area contributed by atoms with E-state index in [9.17, 15) is 0 Å². The monoisotopic (exact) mass is 433 g/mol. The van der Waals surface area contributed by atoms with Gasteiger partial charge in [0.1, 0.15) is 39.1 Å². The molecule has 0 heterocycles. The molecule has 0 aromatic heterocycles. The zero-order valence-electron chi connectivity index (χ0n) is 18.8. The quantitative estimate of drug-likeness (QED) is 0.176. The molecule has 0 aromatic carbocycles. The van der Waals surface area contributed by atoms with Crippen molar-refractivity contribution in [3.63, 3.8) is 0 Å². The molecule has 0 bridgehead atoms. The molecule has 8 heteroatoms. The summed E-state index contributed by atoms with van der Waals surface area (Å²) in [4.78, 5) is 0. The highest BCUT2D eigenvalue weighted by molar-refractivity contribution is 6.73. The summed E-state index contributed by atoms with van der Waals surface area (Å²) in [7, 11) is 0.175. The van der Waals surface area contributed by atoms with E-state index in [2.05, 4.69) is 24.2 Å². The molecule has 0 aliphatic carbocycles.